The first-order chi connectivity index (χ1) is 10.2. The van der Waals surface area contributed by atoms with E-state index in [-0.39, 0.29) is 36.2 Å². The third-order valence-corrected chi connectivity index (χ3v) is 5.30. The molecule has 22 heavy (non-hydrogen) atoms. The Balaban J connectivity index is 0.00000176. The van der Waals surface area contributed by atoms with Crippen molar-refractivity contribution in [2.24, 2.45) is 5.73 Å². The number of likely N-dealkylation sites (tertiary alicyclic amines) is 1. The molecule has 2 heterocycles. The molecule has 0 spiro atoms. The van der Waals surface area contributed by atoms with Gasteiger partial charge in [-0.25, -0.2) is 0 Å². The summed E-state index contributed by atoms with van der Waals surface area (Å²) in [6.07, 6.45) is 0. The molecule has 3 rings (SSSR count). The van der Waals surface area contributed by atoms with Gasteiger partial charge in [0.2, 0.25) is 5.91 Å². The molecule has 1 unspecified atom stereocenters. The quantitative estimate of drug-likeness (QED) is 0.935. The summed E-state index contributed by atoms with van der Waals surface area (Å²) in [7, 11) is 0. The molecule has 0 bridgehead atoms. The Kier molecular flexibility index (Phi) is 5.62. The zero-order valence-corrected chi connectivity index (χ0v) is 14.1. The van der Waals surface area contributed by atoms with Gasteiger partial charge >= 0.3 is 0 Å². The third kappa shape index (κ3) is 3.35. The Morgan fingerprint density at radius 1 is 1.23 bits per heavy atom. The first-order valence-corrected chi connectivity index (χ1v) is 8.17. The van der Waals surface area contributed by atoms with E-state index in [0.29, 0.717) is 6.54 Å². The van der Waals surface area contributed by atoms with Crippen LogP contribution in [0.4, 0.5) is 0 Å². The summed E-state index contributed by atoms with van der Waals surface area (Å²) in [5.41, 5.74) is 7.49. The van der Waals surface area contributed by atoms with Crippen molar-refractivity contribution in [1.82, 2.24) is 4.90 Å². The van der Waals surface area contributed by atoms with Gasteiger partial charge in [-0.1, -0.05) is 36.4 Å². The van der Waals surface area contributed by atoms with E-state index in [2.05, 4.69) is 12.1 Å². The summed E-state index contributed by atoms with van der Waals surface area (Å²) in [6.45, 7) is 3.35. The van der Waals surface area contributed by atoms with Gasteiger partial charge in [-0.2, -0.15) is 0 Å². The van der Waals surface area contributed by atoms with Crippen LogP contribution in [0.25, 0.3) is 0 Å². The molecule has 0 radical (unpaired) electrons. The molecule has 3 atom stereocenters. The van der Waals surface area contributed by atoms with E-state index in [1.807, 2.05) is 47.5 Å². The number of nitrogens with zero attached hydrogens (tertiary/aromatic N) is 1. The van der Waals surface area contributed by atoms with Crippen molar-refractivity contribution in [3.63, 3.8) is 0 Å². The molecular formula is C17H21ClN2OS. The normalized spacial score (nSPS) is 22.2. The minimum atomic E-state index is -0.0771. The van der Waals surface area contributed by atoms with E-state index in [0.717, 1.165) is 11.4 Å². The highest BCUT2D eigenvalue weighted by Gasteiger charge is 2.35. The van der Waals surface area contributed by atoms with Crippen LogP contribution in [0.15, 0.2) is 47.8 Å². The molecule has 1 fully saturated rings. The van der Waals surface area contributed by atoms with Crippen molar-refractivity contribution in [2.75, 3.05) is 13.1 Å². The smallest absolute Gasteiger partial charge is 0.230 e. The minimum Gasteiger partial charge on any atom is -0.340 e. The van der Waals surface area contributed by atoms with Crippen LogP contribution in [0.5, 0.6) is 0 Å². The van der Waals surface area contributed by atoms with Crippen LogP contribution in [0, 0.1) is 0 Å². The topological polar surface area (TPSA) is 46.3 Å². The van der Waals surface area contributed by atoms with Gasteiger partial charge in [0.15, 0.2) is 0 Å². The van der Waals surface area contributed by atoms with Gasteiger partial charge in [-0.3, -0.25) is 4.79 Å². The Hall–Kier alpha value is -1.36. The Labute approximate surface area is 141 Å². The van der Waals surface area contributed by atoms with E-state index in [1.54, 1.807) is 11.3 Å². The summed E-state index contributed by atoms with van der Waals surface area (Å²) < 4.78 is 0. The van der Waals surface area contributed by atoms with E-state index in [9.17, 15) is 4.79 Å². The molecule has 1 aromatic carbocycles. The highest BCUT2D eigenvalue weighted by molar-refractivity contribution is 7.10. The van der Waals surface area contributed by atoms with Crippen LogP contribution in [0.1, 0.15) is 29.2 Å². The summed E-state index contributed by atoms with van der Waals surface area (Å²) >= 11 is 1.64. The highest BCUT2D eigenvalue weighted by atomic mass is 35.5. The van der Waals surface area contributed by atoms with E-state index >= 15 is 0 Å². The summed E-state index contributed by atoms with van der Waals surface area (Å²) in [5, 5.41) is 2.02. The largest absolute Gasteiger partial charge is 0.340 e. The lowest BCUT2D eigenvalue weighted by molar-refractivity contribution is -0.131. The fourth-order valence-corrected chi connectivity index (χ4v) is 3.77. The van der Waals surface area contributed by atoms with Gasteiger partial charge < -0.3 is 10.6 Å². The number of rotatable bonds is 3. The first-order valence-electron chi connectivity index (χ1n) is 7.29. The molecule has 1 saturated heterocycles. The number of amides is 1. The number of hydrogen-bond acceptors (Lipinski definition) is 3. The molecule has 1 aromatic heterocycles. The van der Waals surface area contributed by atoms with Crippen molar-refractivity contribution < 1.29 is 4.79 Å². The Bertz CT molecular complexity index is 602. The van der Waals surface area contributed by atoms with Crippen molar-refractivity contribution in [3.05, 3.63) is 58.3 Å². The number of carbonyl (C=O) groups is 1. The molecular weight excluding hydrogens is 316 g/mol. The standard InChI is InChI=1S/C17H20N2OS.ClH/c1-12(16-8-5-9-21-16)17(20)19-10-14(15(18)11-19)13-6-3-2-4-7-13;/h2-9,12,14-15H,10-11,18H2,1H3;1H/t12?,14-,15+;/m0./s1. The first kappa shape index (κ1) is 17.0. The molecule has 3 nitrogen and oxygen atoms in total. The van der Waals surface area contributed by atoms with Crippen LogP contribution < -0.4 is 5.73 Å². The van der Waals surface area contributed by atoms with Crippen molar-refractivity contribution in [1.29, 1.82) is 0 Å². The predicted molar refractivity (Wildman–Crippen MR) is 93.7 cm³/mol. The minimum absolute atomic E-state index is 0. The molecule has 1 aliphatic rings. The van der Waals surface area contributed by atoms with Gasteiger partial charge in [0, 0.05) is 29.9 Å². The predicted octanol–water partition coefficient (Wildman–Crippen LogP) is 3.23. The van der Waals surface area contributed by atoms with Crippen molar-refractivity contribution in [2.45, 2.75) is 24.8 Å². The highest BCUT2D eigenvalue weighted by Crippen LogP contribution is 2.30. The van der Waals surface area contributed by atoms with Gasteiger partial charge in [0.25, 0.3) is 0 Å². The number of hydrogen-bond donors (Lipinski definition) is 1. The molecule has 0 saturated carbocycles. The molecule has 2 N–H and O–H groups in total. The van der Waals surface area contributed by atoms with E-state index < -0.39 is 0 Å². The molecule has 2 aromatic rings. The fourth-order valence-electron chi connectivity index (χ4n) is 3.00. The van der Waals surface area contributed by atoms with Crippen LogP contribution in [0.2, 0.25) is 0 Å². The molecule has 1 aliphatic heterocycles. The van der Waals surface area contributed by atoms with Gasteiger partial charge in [0.05, 0.1) is 5.92 Å². The lowest BCUT2D eigenvalue weighted by atomic mass is 9.95. The summed E-state index contributed by atoms with van der Waals surface area (Å²) in [5.74, 6) is 0.351. The number of benzene rings is 1. The number of nitrogens with two attached hydrogens (primary N) is 1. The number of halogens is 1. The second kappa shape index (κ2) is 7.27. The van der Waals surface area contributed by atoms with E-state index in [4.69, 9.17) is 5.73 Å². The van der Waals surface area contributed by atoms with E-state index in [1.165, 1.54) is 5.56 Å². The van der Waals surface area contributed by atoms with Crippen LogP contribution in [-0.2, 0) is 4.79 Å². The molecule has 5 heteroatoms. The summed E-state index contributed by atoms with van der Waals surface area (Å²) in [4.78, 5) is 15.7. The monoisotopic (exact) mass is 336 g/mol. The number of thiophene rings is 1. The molecule has 1 amide bonds. The zero-order chi connectivity index (χ0) is 14.8. The number of carbonyl (C=O) groups excluding carboxylic acids is 1. The Morgan fingerprint density at radius 3 is 2.59 bits per heavy atom. The van der Waals surface area contributed by atoms with Gasteiger partial charge in [-0.15, -0.1) is 23.7 Å². The van der Waals surface area contributed by atoms with Crippen molar-refractivity contribution >= 4 is 29.7 Å². The van der Waals surface area contributed by atoms with Gasteiger partial charge in [0.1, 0.15) is 0 Å². The van der Waals surface area contributed by atoms with Crippen LogP contribution in [0.3, 0.4) is 0 Å². The summed E-state index contributed by atoms with van der Waals surface area (Å²) in [6, 6.07) is 14.3. The second-order valence-corrected chi connectivity index (χ2v) is 6.64. The Morgan fingerprint density at radius 2 is 1.95 bits per heavy atom. The average molecular weight is 337 g/mol. The SMILES string of the molecule is CC(C(=O)N1C[C@@H](N)[C@H](c2ccccc2)C1)c1cccs1.Cl. The maximum Gasteiger partial charge on any atom is 0.230 e. The van der Waals surface area contributed by atoms with Gasteiger partial charge in [-0.05, 0) is 23.9 Å². The maximum atomic E-state index is 12.6. The maximum absolute atomic E-state index is 12.6. The second-order valence-electron chi connectivity index (χ2n) is 5.66. The van der Waals surface area contributed by atoms with Crippen LogP contribution >= 0.6 is 23.7 Å². The fraction of sp³-hybridized carbons (Fsp3) is 0.353. The van der Waals surface area contributed by atoms with Crippen molar-refractivity contribution in [3.8, 4) is 0 Å². The lowest BCUT2D eigenvalue weighted by Gasteiger charge is -2.20. The molecule has 0 aliphatic carbocycles. The third-order valence-electron chi connectivity index (χ3n) is 4.24. The zero-order valence-electron chi connectivity index (χ0n) is 12.5. The lowest BCUT2D eigenvalue weighted by Crippen LogP contribution is -2.34. The average Bonchev–Trinajstić information content (AvgIpc) is 3.16. The molecule has 118 valence electrons. The van der Waals surface area contributed by atoms with Crippen LogP contribution in [-0.4, -0.2) is 29.9 Å².